The molecule has 0 radical (unpaired) electrons. The summed E-state index contributed by atoms with van der Waals surface area (Å²) >= 11 is 0. The summed E-state index contributed by atoms with van der Waals surface area (Å²) in [5.74, 6) is -0.789. The van der Waals surface area contributed by atoms with Gasteiger partial charge in [-0.25, -0.2) is 9.59 Å². The molecule has 0 bridgehead atoms. The van der Waals surface area contributed by atoms with Crippen LogP contribution in [0.1, 0.15) is 33.6 Å². The van der Waals surface area contributed by atoms with Crippen molar-refractivity contribution in [1.82, 2.24) is 0 Å². The van der Waals surface area contributed by atoms with E-state index in [1.54, 1.807) is 48.5 Å². The Morgan fingerprint density at radius 1 is 0.667 bits per heavy atom. The van der Waals surface area contributed by atoms with Crippen molar-refractivity contribution in [3.05, 3.63) is 59.7 Å². The summed E-state index contributed by atoms with van der Waals surface area (Å²) in [6.07, 6.45) is 1.21. The highest BCUT2D eigenvalue weighted by molar-refractivity contribution is 5.90. The van der Waals surface area contributed by atoms with Gasteiger partial charge in [0.2, 0.25) is 0 Å². The number of hydrogen-bond acceptors (Lipinski definition) is 6. The van der Waals surface area contributed by atoms with Crippen molar-refractivity contribution in [2.24, 2.45) is 0 Å². The fourth-order valence-corrected chi connectivity index (χ4v) is 1.94. The molecular weight excluding hydrogens is 308 g/mol. The highest BCUT2D eigenvalue weighted by Gasteiger charge is 2.08. The van der Waals surface area contributed by atoms with Crippen molar-refractivity contribution in [3.63, 3.8) is 0 Å². The normalized spacial score (nSPS) is 10.2. The van der Waals surface area contributed by atoms with Crippen LogP contribution in [0.15, 0.2) is 48.5 Å². The van der Waals surface area contributed by atoms with E-state index in [1.807, 2.05) is 0 Å². The Morgan fingerprint density at radius 2 is 1.00 bits per heavy atom. The molecule has 2 aromatic carbocycles. The molecule has 0 aliphatic rings. The number of rotatable bonds is 7. The lowest BCUT2D eigenvalue weighted by Crippen LogP contribution is -2.09. The number of unbranched alkanes of at least 4 members (excludes halogenated alkanes) is 1. The predicted octanol–water partition coefficient (Wildman–Crippen LogP) is 2.65. The summed E-state index contributed by atoms with van der Waals surface area (Å²) in [4.78, 5) is 23.5. The molecule has 0 atom stereocenters. The Morgan fingerprint density at radius 3 is 1.33 bits per heavy atom. The maximum Gasteiger partial charge on any atom is 0.338 e. The number of ether oxygens (including phenoxy) is 2. The summed E-state index contributed by atoms with van der Waals surface area (Å²) in [7, 11) is 0. The number of anilines is 2. The third-order valence-electron chi connectivity index (χ3n) is 3.30. The summed E-state index contributed by atoms with van der Waals surface area (Å²) in [6, 6.07) is 13.1. The maximum atomic E-state index is 11.8. The minimum atomic E-state index is -0.395. The van der Waals surface area contributed by atoms with Gasteiger partial charge in [-0.15, -0.1) is 0 Å². The molecule has 2 aromatic rings. The van der Waals surface area contributed by atoms with E-state index in [2.05, 4.69) is 0 Å². The molecule has 24 heavy (non-hydrogen) atoms. The molecule has 0 aromatic heterocycles. The Hall–Kier alpha value is -3.02. The van der Waals surface area contributed by atoms with E-state index in [0.717, 1.165) is 0 Å². The van der Waals surface area contributed by atoms with E-state index in [1.165, 1.54) is 0 Å². The van der Waals surface area contributed by atoms with Crippen LogP contribution in [-0.2, 0) is 9.47 Å². The molecule has 0 aliphatic carbocycles. The Balaban J connectivity index is 1.61. The van der Waals surface area contributed by atoms with Crippen LogP contribution in [0.3, 0.4) is 0 Å². The molecule has 6 nitrogen and oxygen atoms in total. The molecule has 126 valence electrons. The Kier molecular flexibility index (Phi) is 6.19. The Labute approximate surface area is 140 Å². The number of esters is 2. The monoisotopic (exact) mass is 328 g/mol. The first-order chi connectivity index (χ1) is 11.6. The molecule has 0 fully saturated rings. The fraction of sp³-hybridized carbons (Fsp3) is 0.222. The zero-order chi connectivity index (χ0) is 17.4. The van der Waals surface area contributed by atoms with E-state index in [0.29, 0.717) is 35.3 Å². The minimum Gasteiger partial charge on any atom is -0.462 e. The number of hydrogen-bond donors (Lipinski definition) is 2. The van der Waals surface area contributed by atoms with E-state index in [9.17, 15) is 9.59 Å². The smallest absolute Gasteiger partial charge is 0.338 e. The molecule has 2 rings (SSSR count). The zero-order valence-corrected chi connectivity index (χ0v) is 13.2. The zero-order valence-electron chi connectivity index (χ0n) is 13.2. The summed E-state index contributed by atoms with van der Waals surface area (Å²) in [5.41, 5.74) is 13.2. The fourth-order valence-electron chi connectivity index (χ4n) is 1.94. The molecule has 0 saturated carbocycles. The first-order valence-electron chi connectivity index (χ1n) is 7.61. The highest BCUT2D eigenvalue weighted by atomic mass is 16.5. The molecule has 0 heterocycles. The first kappa shape index (κ1) is 17.3. The van der Waals surface area contributed by atoms with Crippen LogP contribution in [0.4, 0.5) is 11.4 Å². The second-order valence-electron chi connectivity index (χ2n) is 5.22. The van der Waals surface area contributed by atoms with Crippen molar-refractivity contribution in [3.8, 4) is 0 Å². The van der Waals surface area contributed by atoms with Crippen molar-refractivity contribution in [2.45, 2.75) is 12.8 Å². The van der Waals surface area contributed by atoms with Gasteiger partial charge in [0.1, 0.15) is 0 Å². The summed E-state index contributed by atoms with van der Waals surface area (Å²) in [6.45, 7) is 0.533. The van der Waals surface area contributed by atoms with Crippen LogP contribution < -0.4 is 11.5 Å². The standard InChI is InChI=1S/C18H20N2O4/c19-15-7-3-13(4-8-15)17(21)23-11-1-2-12-24-18(22)14-5-9-16(20)10-6-14/h3-10H,1-2,11-12,19-20H2. The van der Waals surface area contributed by atoms with Gasteiger partial charge < -0.3 is 20.9 Å². The van der Waals surface area contributed by atoms with Gasteiger partial charge in [0.15, 0.2) is 0 Å². The topological polar surface area (TPSA) is 105 Å². The lowest BCUT2D eigenvalue weighted by molar-refractivity contribution is 0.0432. The quantitative estimate of drug-likeness (QED) is 0.460. The van der Waals surface area contributed by atoms with Crippen molar-refractivity contribution in [1.29, 1.82) is 0 Å². The van der Waals surface area contributed by atoms with Crippen molar-refractivity contribution >= 4 is 23.3 Å². The van der Waals surface area contributed by atoms with Crippen LogP contribution in [0.25, 0.3) is 0 Å². The van der Waals surface area contributed by atoms with Gasteiger partial charge >= 0.3 is 11.9 Å². The second kappa shape index (κ2) is 8.57. The van der Waals surface area contributed by atoms with E-state index in [-0.39, 0.29) is 13.2 Å². The minimum absolute atomic E-state index is 0.266. The van der Waals surface area contributed by atoms with Gasteiger partial charge in [-0.2, -0.15) is 0 Å². The van der Waals surface area contributed by atoms with Crippen LogP contribution in [0.2, 0.25) is 0 Å². The number of nitrogen functional groups attached to an aromatic ring is 2. The van der Waals surface area contributed by atoms with Gasteiger partial charge in [-0.05, 0) is 61.4 Å². The lowest BCUT2D eigenvalue weighted by Gasteiger charge is -2.06. The highest BCUT2D eigenvalue weighted by Crippen LogP contribution is 2.08. The summed E-state index contributed by atoms with van der Waals surface area (Å²) in [5, 5.41) is 0. The maximum absolute atomic E-state index is 11.8. The van der Waals surface area contributed by atoms with E-state index in [4.69, 9.17) is 20.9 Å². The van der Waals surface area contributed by atoms with Crippen molar-refractivity contribution in [2.75, 3.05) is 24.7 Å². The number of nitrogens with two attached hydrogens (primary N) is 2. The number of carbonyl (C=O) groups is 2. The average molecular weight is 328 g/mol. The molecule has 4 N–H and O–H groups in total. The SMILES string of the molecule is Nc1ccc(C(=O)OCCCCOC(=O)c2ccc(N)cc2)cc1. The molecule has 0 saturated heterocycles. The van der Waals surface area contributed by atoms with Gasteiger partial charge in [0.05, 0.1) is 24.3 Å². The average Bonchev–Trinajstić information content (AvgIpc) is 2.58. The molecule has 0 spiro atoms. The molecular formula is C18H20N2O4. The van der Waals surface area contributed by atoms with Crippen LogP contribution >= 0.6 is 0 Å². The third kappa shape index (κ3) is 5.31. The van der Waals surface area contributed by atoms with Gasteiger partial charge in [0.25, 0.3) is 0 Å². The van der Waals surface area contributed by atoms with Gasteiger partial charge in [0, 0.05) is 11.4 Å². The number of carbonyl (C=O) groups excluding carboxylic acids is 2. The molecule has 0 amide bonds. The first-order valence-corrected chi connectivity index (χ1v) is 7.61. The molecule has 6 heteroatoms. The van der Waals surface area contributed by atoms with Crippen LogP contribution in [0.5, 0.6) is 0 Å². The second-order valence-corrected chi connectivity index (χ2v) is 5.22. The van der Waals surface area contributed by atoms with E-state index < -0.39 is 11.9 Å². The van der Waals surface area contributed by atoms with E-state index >= 15 is 0 Å². The van der Waals surface area contributed by atoms with Crippen LogP contribution in [-0.4, -0.2) is 25.2 Å². The van der Waals surface area contributed by atoms with Gasteiger partial charge in [-0.1, -0.05) is 0 Å². The molecule has 0 unspecified atom stereocenters. The lowest BCUT2D eigenvalue weighted by atomic mass is 10.2. The predicted molar refractivity (Wildman–Crippen MR) is 91.5 cm³/mol. The largest absolute Gasteiger partial charge is 0.462 e. The Bertz CT molecular complexity index is 620. The number of benzene rings is 2. The summed E-state index contributed by atoms with van der Waals surface area (Å²) < 4.78 is 10.3. The third-order valence-corrected chi connectivity index (χ3v) is 3.30. The van der Waals surface area contributed by atoms with Crippen molar-refractivity contribution < 1.29 is 19.1 Å². The van der Waals surface area contributed by atoms with Crippen LogP contribution in [0, 0.1) is 0 Å². The van der Waals surface area contributed by atoms with Gasteiger partial charge in [-0.3, -0.25) is 0 Å². The molecule has 0 aliphatic heterocycles.